The Morgan fingerprint density at radius 2 is 1.04 bits per heavy atom. The molecule has 50 heavy (non-hydrogen) atoms. The van der Waals surface area contributed by atoms with Crippen LogP contribution in [-0.2, 0) is 0 Å². The minimum atomic E-state index is -0.952. The van der Waals surface area contributed by atoms with Crippen LogP contribution in [0.15, 0.2) is 192 Å². The predicted octanol–water partition coefficient (Wildman–Crippen LogP) is 13.8. The highest BCUT2D eigenvalue weighted by molar-refractivity contribution is 6.22. The van der Waals surface area contributed by atoms with Crippen molar-refractivity contribution in [3.05, 3.63) is 188 Å². The van der Waals surface area contributed by atoms with Crippen molar-refractivity contribution < 1.29 is 29.1 Å². The molecule has 10 rings (SSSR count). The van der Waals surface area contributed by atoms with Gasteiger partial charge in [-0.3, -0.25) is 0 Å². The first kappa shape index (κ1) is 15.7. The number of fused-ring (bicyclic) bond motifs is 7. The summed E-state index contributed by atoms with van der Waals surface area (Å²) in [7, 11) is 0. The van der Waals surface area contributed by atoms with Crippen LogP contribution in [0, 0.1) is 0 Å². The Kier molecular flexibility index (Phi) is 3.62. The average Bonchev–Trinajstić information content (AvgIpc) is 3.72. The fraction of sp³-hybridized carbons (Fsp3) is 0. The van der Waals surface area contributed by atoms with E-state index in [4.69, 9.17) is 18.1 Å². The van der Waals surface area contributed by atoms with Gasteiger partial charge in [0.1, 0.15) is 11.2 Å². The summed E-state index contributed by atoms with van der Waals surface area (Å²) in [6.07, 6.45) is 0. The van der Waals surface area contributed by atoms with Gasteiger partial charge < -0.3 is 9.32 Å². The van der Waals surface area contributed by atoms with Crippen LogP contribution in [0.25, 0.3) is 76.5 Å². The van der Waals surface area contributed by atoms with Crippen molar-refractivity contribution in [1.29, 1.82) is 0 Å². The lowest BCUT2D eigenvalue weighted by Gasteiger charge is -2.26. The van der Waals surface area contributed by atoms with Crippen LogP contribution in [0.5, 0.6) is 0 Å². The molecule has 1 aromatic heterocycles. The SMILES string of the molecule is [2H]c1c([2H])c(N(c2c([2H])c([2H])c3c([2H])c([2H])c([2H])c([2H])c3c2[2H])c2c([2H])c([2H])c3c([2H])c([2H])c([2H])c([2H])c3c2[2H])c([2H])c([2H])c1-c1cc2c(oc3cccc(-c4ccccc4)c32)c2ccccc12. The van der Waals surface area contributed by atoms with Crippen molar-refractivity contribution in [2.45, 2.75) is 0 Å². The topological polar surface area (TPSA) is 16.4 Å². The van der Waals surface area contributed by atoms with E-state index in [2.05, 4.69) is 0 Å². The highest BCUT2D eigenvalue weighted by Crippen LogP contribution is 2.44. The first-order valence-electron chi connectivity index (χ1n) is 24.6. The molecule has 0 spiro atoms. The molecule has 1 heterocycles. The van der Waals surface area contributed by atoms with Crippen molar-refractivity contribution in [1.82, 2.24) is 0 Å². The lowest BCUT2D eigenvalue weighted by Crippen LogP contribution is -2.09. The fourth-order valence-corrected chi connectivity index (χ4v) is 6.37. The molecule has 0 amide bonds. The van der Waals surface area contributed by atoms with Crippen molar-refractivity contribution in [2.75, 3.05) is 4.90 Å². The number of hydrogen-bond donors (Lipinski definition) is 0. The molecule has 0 aliphatic heterocycles. The van der Waals surface area contributed by atoms with Gasteiger partial charge in [0.05, 0.1) is 24.7 Å². The highest BCUT2D eigenvalue weighted by Gasteiger charge is 2.19. The van der Waals surface area contributed by atoms with Gasteiger partial charge in [-0.1, -0.05) is 139 Å². The monoisotopic (exact) mass is 655 g/mol. The van der Waals surface area contributed by atoms with Crippen molar-refractivity contribution >= 4 is 71.3 Å². The van der Waals surface area contributed by atoms with Gasteiger partial charge in [-0.15, -0.1) is 0 Å². The van der Waals surface area contributed by atoms with Gasteiger partial charge in [0.2, 0.25) is 0 Å². The first-order valence-corrected chi connectivity index (χ1v) is 15.6. The van der Waals surface area contributed by atoms with Gasteiger partial charge in [0, 0.05) is 33.2 Å². The molecule has 0 unspecified atom stereocenters. The molecule has 2 nitrogen and oxygen atoms in total. The Balaban J connectivity index is 1.36. The van der Waals surface area contributed by atoms with Crippen LogP contribution in [-0.4, -0.2) is 0 Å². The second kappa shape index (κ2) is 11.5. The number of hydrogen-bond acceptors (Lipinski definition) is 2. The van der Waals surface area contributed by atoms with Crippen molar-refractivity contribution in [2.24, 2.45) is 0 Å². The van der Waals surface area contributed by atoms with E-state index in [1.165, 1.54) is 0 Å². The maximum atomic E-state index is 9.73. The molecule has 0 saturated heterocycles. The zero-order valence-corrected chi connectivity index (χ0v) is 25.9. The Labute approximate surface area is 315 Å². The molecular formula is C48H31NO. The normalized spacial score (nSPS) is 16.6. The van der Waals surface area contributed by atoms with Crippen LogP contribution < -0.4 is 4.90 Å². The zero-order chi connectivity index (χ0) is 48.7. The third-order valence-electron chi connectivity index (χ3n) is 8.61. The van der Waals surface area contributed by atoms with E-state index in [1.54, 1.807) is 30.3 Å². The Hall–Kier alpha value is -6.64. The summed E-state index contributed by atoms with van der Waals surface area (Å²) in [6.45, 7) is 0. The van der Waals surface area contributed by atoms with Crippen LogP contribution in [0.1, 0.15) is 24.7 Å². The van der Waals surface area contributed by atoms with Gasteiger partial charge in [0.15, 0.2) is 0 Å². The van der Waals surface area contributed by atoms with Crippen LogP contribution in [0.2, 0.25) is 0 Å². The molecule has 0 radical (unpaired) electrons. The third-order valence-corrected chi connectivity index (χ3v) is 8.61. The molecule has 0 fully saturated rings. The second-order valence-electron chi connectivity index (χ2n) is 11.5. The number of rotatable bonds is 5. The van der Waals surface area contributed by atoms with E-state index in [0.29, 0.717) is 32.2 Å². The van der Waals surface area contributed by atoms with Gasteiger partial charge in [-0.2, -0.15) is 0 Å². The highest BCUT2D eigenvalue weighted by atomic mass is 16.3. The van der Waals surface area contributed by atoms with Gasteiger partial charge in [0.25, 0.3) is 0 Å². The summed E-state index contributed by atoms with van der Waals surface area (Å²) >= 11 is 0. The first-order chi connectivity index (χ1) is 32.3. The summed E-state index contributed by atoms with van der Waals surface area (Å²) in [6, 6.07) is 9.28. The summed E-state index contributed by atoms with van der Waals surface area (Å²) < 4.78 is 169. The van der Waals surface area contributed by atoms with E-state index >= 15 is 0 Å². The van der Waals surface area contributed by atoms with E-state index in [-0.39, 0.29) is 11.1 Å². The smallest absolute Gasteiger partial charge is 0.143 e. The summed E-state index contributed by atoms with van der Waals surface area (Å²) in [4.78, 5) is 0.633. The van der Waals surface area contributed by atoms with Crippen LogP contribution in [0.3, 0.4) is 0 Å². The van der Waals surface area contributed by atoms with Crippen molar-refractivity contribution in [3.63, 3.8) is 0 Å². The van der Waals surface area contributed by atoms with Gasteiger partial charge in [-0.05, 0) is 97.6 Å². The standard InChI is InChI=1S/C48H31NO/c1-2-13-34(14-3-1)41-19-10-20-46-47(41)45-31-44(42-17-8-9-18-43(42)48(45)50-46)35-23-25-38(26-24-35)49(39-27-21-32-11-4-6-15-36(32)29-39)40-28-22-33-12-5-7-16-37(33)30-40/h1-31H/i4D,5D,6D,7D,11D,12D,15D,16D,21D,22D,23D,24D,25D,26D,27D,28D,29D,30D. The van der Waals surface area contributed by atoms with E-state index in [1.807, 2.05) is 48.5 Å². The van der Waals surface area contributed by atoms with Crippen LogP contribution >= 0.6 is 0 Å². The molecular weight excluding hydrogens is 607 g/mol. The van der Waals surface area contributed by atoms with Gasteiger partial charge >= 0.3 is 0 Å². The maximum Gasteiger partial charge on any atom is 0.143 e. The molecule has 0 bridgehead atoms. The zero-order valence-electron chi connectivity index (χ0n) is 43.9. The maximum absolute atomic E-state index is 9.73. The average molecular weight is 656 g/mol. The van der Waals surface area contributed by atoms with Gasteiger partial charge in [-0.25, -0.2) is 0 Å². The molecule has 10 aromatic rings. The Bertz CT molecular complexity index is 3760. The number of furan rings is 1. The van der Waals surface area contributed by atoms with E-state index in [9.17, 15) is 11.0 Å². The second-order valence-corrected chi connectivity index (χ2v) is 11.5. The molecule has 0 aliphatic rings. The molecule has 0 saturated carbocycles. The fourth-order valence-electron chi connectivity index (χ4n) is 6.37. The Morgan fingerprint density at radius 3 is 1.72 bits per heavy atom. The van der Waals surface area contributed by atoms with Crippen molar-refractivity contribution in [3.8, 4) is 22.3 Å². The number of benzene rings is 9. The van der Waals surface area contributed by atoms with Crippen LogP contribution in [0.4, 0.5) is 17.1 Å². The lowest BCUT2D eigenvalue weighted by molar-refractivity contribution is 0.673. The minimum Gasteiger partial charge on any atom is -0.455 e. The number of anilines is 3. The summed E-state index contributed by atoms with van der Waals surface area (Å²) in [5.41, 5.74) is 0.360. The summed E-state index contributed by atoms with van der Waals surface area (Å²) in [5, 5.41) is 0.158. The molecule has 0 N–H and O–H groups in total. The predicted molar refractivity (Wildman–Crippen MR) is 212 cm³/mol. The number of nitrogens with zero attached hydrogens (tertiary/aromatic N) is 1. The minimum absolute atomic E-state index is 0.203. The molecule has 0 aliphatic carbocycles. The molecule has 2 heteroatoms. The Morgan fingerprint density at radius 1 is 0.440 bits per heavy atom. The molecule has 234 valence electrons. The molecule has 0 atom stereocenters. The van der Waals surface area contributed by atoms with E-state index < -0.39 is 147 Å². The molecule has 9 aromatic carbocycles. The largest absolute Gasteiger partial charge is 0.455 e. The summed E-state index contributed by atoms with van der Waals surface area (Å²) in [5.74, 6) is 0. The lowest BCUT2D eigenvalue weighted by atomic mass is 9.93. The van der Waals surface area contributed by atoms with E-state index in [0.717, 1.165) is 16.5 Å². The quantitative estimate of drug-likeness (QED) is 0.183. The third kappa shape index (κ3) is 4.65.